The molecule has 0 bridgehead atoms. The molecule has 2 aromatic heterocycles. The second kappa shape index (κ2) is 8.83. The van der Waals surface area contributed by atoms with Gasteiger partial charge in [0.15, 0.2) is 5.13 Å². The van der Waals surface area contributed by atoms with Gasteiger partial charge < -0.3 is 15.3 Å². The molecule has 10 heteroatoms. The Morgan fingerprint density at radius 1 is 1.18 bits per heavy atom. The first-order chi connectivity index (χ1) is 16.4. The van der Waals surface area contributed by atoms with Crippen molar-refractivity contribution in [1.29, 1.82) is 0 Å². The van der Waals surface area contributed by atoms with Gasteiger partial charge in [0.25, 0.3) is 0 Å². The number of carboxylic acids is 1. The highest BCUT2D eigenvalue weighted by molar-refractivity contribution is 7.22. The number of nitrogens with one attached hydrogen (secondary N) is 2. The zero-order chi connectivity index (χ0) is 23.9. The molecule has 1 aromatic carbocycles. The number of benzene rings is 1. The molecule has 0 atom stereocenters. The lowest BCUT2D eigenvalue weighted by molar-refractivity contribution is -0.149. The molecule has 2 aliphatic rings. The van der Waals surface area contributed by atoms with Gasteiger partial charge in [-0.1, -0.05) is 11.3 Å². The molecule has 3 N–H and O–H groups in total. The van der Waals surface area contributed by atoms with E-state index < -0.39 is 11.4 Å². The van der Waals surface area contributed by atoms with Crippen molar-refractivity contribution in [2.45, 2.75) is 45.4 Å². The lowest BCUT2D eigenvalue weighted by Crippen LogP contribution is -2.43. The highest BCUT2D eigenvalue weighted by Crippen LogP contribution is 2.46. The summed E-state index contributed by atoms with van der Waals surface area (Å²) in [5, 5.41) is 15.6. The van der Waals surface area contributed by atoms with Crippen LogP contribution in [0, 0.1) is 5.41 Å². The standard InChI is InChI=1S/C24H28N6O3S/c1-3-25-22(33)29-23-28-18-11-15(10-17(14-4-5-14)19(18)34-23)16-12-26-21(27-13-16)30-8-6-24(2,7-9-30)20(31)32/h10-14H,3-9H2,1-2H3,(H,31,32)(H2,25,28,29,33). The molecule has 2 amide bonds. The van der Waals surface area contributed by atoms with Gasteiger partial charge in [0.1, 0.15) is 0 Å². The summed E-state index contributed by atoms with van der Waals surface area (Å²) in [5.74, 6) is 0.413. The summed E-state index contributed by atoms with van der Waals surface area (Å²) in [5.41, 5.74) is 3.37. The van der Waals surface area contributed by atoms with Crippen molar-refractivity contribution in [3.63, 3.8) is 0 Å². The Balaban J connectivity index is 1.38. The highest BCUT2D eigenvalue weighted by atomic mass is 32.1. The third-order valence-corrected chi connectivity index (χ3v) is 7.77. The molecule has 1 saturated heterocycles. The third kappa shape index (κ3) is 4.42. The van der Waals surface area contributed by atoms with Crippen molar-refractivity contribution in [3.8, 4) is 11.1 Å². The van der Waals surface area contributed by atoms with Crippen LogP contribution in [0.3, 0.4) is 0 Å². The maximum atomic E-state index is 11.9. The molecule has 5 rings (SSSR count). The largest absolute Gasteiger partial charge is 0.481 e. The lowest BCUT2D eigenvalue weighted by atomic mass is 9.80. The average molecular weight is 481 g/mol. The monoisotopic (exact) mass is 480 g/mol. The van der Waals surface area contributed by atoms with Crippen LogP contribution in [-0.2, 0) is 4.79 Å². The summed E-state index contributed by atoms with van der Waals surface area (Å²) in [7, 11) is 0. The Bertz CT molecular complexity index is 1230. The van der Waals surface area contributed by atoms with E-state index in [1.807, 2.05) is 30.3 Å². The Morgan fingerprint density at radius 3 is 2.50 bits per heavy atom. The number of anilines is 2. The molecule has 0 radical (unpaired) electrons. The Labute approximate surface area is 201 Å². The number of hydrogen-bond donors (Lipinski definition) is 3. The summed E-state index contributed by atoms with van der Waals surface area (Å²) < 4.78 is 1.12. The van der Waals surface area contributed by atoms with E-state index >= 15 is 0 Å². The van der Waals surface area contributed by atoms with E-state index in [9.17, 15) is 14.7 Å². The van der Waals surface area contributed by atoms with Crippen LogP contribution in [0.25, 0.3) is 21.3 Å². The van der Waals surface area contributed by atoms with E-state index in [-0.39, 0.29) is 6.03 Å². The second-order valence-corrected chi connectivity index (χ2v) is 10.3. The maximum Gasteiger partial charge on any atom is 0.321 e. The van der Waals surface area contributed by atoms with E-state index in [1.165, 1.54) is 16.9 Å². The molecule has 1 aliphatic carbocycles. The number of amides is 2. The van der Waals surface area contributed by atoms with Crippen molar-refractivity contribution in [3.05, 3.63) is 30.1 Å². The first-order valence-electron chi connectivity index (χ1n) is 11.7. The Kier molecular flexibility index (Phi) is 5.85. The predicted molar refractivity (Wildman–Crippen MR) is 133 cm³/mol. The van der Waals surface area contributed by atoms with Crippen LogP contribution < -0.4 is 15.5 Å². The molecule has 0 spiro atoms. The molecule has 1 saturated carbocycles. The number of aliphatic carboxylic acids is 1. The molecule has 1 aliphatic heterocycles. The molecule has 178 valence electrons. The van der Waals surface area contributed by atoms with Crippen LogP contribution in [0.2, 0.25) is 0 Å². The van der Waals surface area contributed by atoms with Gasteiger partial charge in [-0.05, 0) is 68.7 Å². The third-order valence-electron chi connectivity index (χ3n) is 6.73. The minimum absolute atomic E-state index is 0.250. The number of hydrogen-bond acceptors (Lipinski definition) is 7. The fourth-order valence-corrected chi connectivity index (χ4v) is 5.36. The van der Waals surface area contributed by atoms with E-state index in [4.69, 9.17) is 0 Å². The van der Waals surface area contributed by atoms with Crippen molar-refractivity contribution in [2.75, 3.05) is 29.9 Å². The molecular weight excluding hydrogens is 452 g/mol. The van der Waals surface area contributed by atoms with E-state index in [0.717, 1.165) is 34.2 Å². The maximum absolute atomic E-state index is 11.9. The molecule has 34 heavy (non-hydrogen) atoms. The zero-order valence-corrected chi connectivity index (χ0v) is 20.1. The number of thiazole rings is 1. The summed E-state index contributed by atoms with van der Waals surface area (Å²) in [6, 6.07) is 3.98. The van der Waals surface area contributed by atoms with Gasteiger partial charge in [-0.2, -0.15) is 0 Å². The van der Waals surface area contributed by atoms with Gasteiger partial charge in [-0.15, -0.1) is 0 Å². The minimum atomic E-state index is -0.739. The minimum Gasteiger partial charge on any atom is -0.481 e. The number of piperidine rings is 1. The number of carboxylic acid groups (broad SMARTS) is 1. The van der Waals surface area contributed by atoms with Gasteiger partial charge >= 0.3 is 12.0 Å². The van der Waals surface area contributed by atoms with E-state index in [1.54, 1.807) is 6.92 Å². The fraction of sp³-hybridized carbons (Fsp3) is 0.458. The van der Waals surface area contributed by atoms with Crippen LogP contribution in [0.4, 0.5) is 15.9 Å². The topological polar surface area (TPSA) is 120 Å². The summed E-state index contributed by atoms with van der Waals surface area (Å²) >= 11 is 1.51. The number of carbonyl (C=O) groups excluding carboxylic acids is 1. The summed E-state index contributed by atoms with van der Waals surface area (Å²) in [4.78, 5) is 39.3. The van der Waals surface area contributed by atoms with Crippen LogP contribution in [0.5, 0.6) is 0 Å². The average Bonchev–Trinajstić information content (AvgIpc) is 3.59. The number of urea groups is 1. The van der Waals surface area contributed by atoms with Crippen molar-refractivity contribution < 1.29 is 14.7 Å². The van der Waals surface area contributed by atoms with E-state index in [0.29, 0.717) is 49.5 Å². The van der Waals surface area contributed by atoms with Gasteiger partial charge in [0.05, 0.1) is 15.6 Å². The number of aromatic nitrogens is 3. The normalized spacial score (nSPS) is 17.5. The Hall–Kier alpha value is -3.27. The second-order valence-electron chi connectivity index (χ2n) is 9.32. The zero-order valence-electron chi connectivity index (χ0n) is 19.3. The van der Waals surface area contributed by atoms with Crippen LogP contribution in [0.1, 0.15) is 51.0 Å². The SMILES string of the molecule is CCNC(=O)Nc1nc2cc(-c3cnc(N4CCC(C)(C(=O)O)CC4)nc3)cc(C3CC3)c2s1. The Morgan fingerprint density at radius 2 is 1.88 bits per heavy atom. The lowest BCUT2D eigenvalue weighted by Gasteiger charge is -2.36. The van der Waals surface area contributed by atoms with Crippen LogP contribution in [-0.4, -0.2) is 51.7 Å². The van der Waals surface area contributed by atoms with Gasteiger partial charge in [0, 0.05) is 37.6 Å². The number of rotatable bonds is 6. The van der Waals surface area contributed by atoms with Gasteiger partial charge in [0.2, 0.25) is 5.95 Å². The quantitative estimate of drug-likeness (QED) is 0.476. The molecule has 2 fully saturated rings. The molecule has 3 heterocycles. The van der Waals surface area contributed by atoms with Gasteiger partial charge in [-0.3, -0.25) is 10.1 Å². The predicted octanol–water partition coefficient (Wildman–Crippen LogP) is 4.46. The van der Waals surface area contributed by atoms with Crippen LogP contribution >= 0.6 is 11.3 Å². The smallest absolute Gasteiger partial charge is 0.321 e. The van der Waals surface area contributed by atoms with Crippen molar-refractivity contribution >= 4 is 44.6 Å². The van der Waals surface area contributed by atoms with Crippen molar-refractivity contribution in [2.24, 2.45) is 5.41 Å². The highest BCUT2D eigenvalue weighted by Gasteiger charge is 2.37. The molecule has 9 nitrogen and oxygen atoms in total. The van der Waals surface area contributed by atoms with E-state index in [2.05, 4.69) is 31.7 Å². The van der Waals surface area contributed by atoms with Gasteiger partial charge in [-0.25, -0.2) is 19.7 Å². The summed E-state index contributed by atoms with van der Waals surface area (Å²) in [6.07, 6.45) is 7.12. The molecular formula is C24H28N6O3S. The fourth-order valence-electron chi connectivity index (χ4n) is 4.33. The first kappa shape index (κ1) is 22.5. The number of nitrogens with zero attached hydrogens (tertiary/aromatic N) is 4. The summed E-state index contributed by atoms with van der Waals surface area (Å²) in [6.45, 7) is 5.49. The molecule has 3 aromatic rings. The first-order valence-corrected chi connectivity index (χ1v) is 12.5. The number of fused-ring (bicyclic) bond motifs is 1. The number of carbonyl (C=O) groups is 2. The molecule has 0 unspecified atom stereocenters. The van der Waals surface area contributed by atoms with Crippen LogP contribution in [0.15, 0.2) is 24.5 Å². The van der Waals surface area contributed by atoms with Crippen molar-refractivity contribution in [1.82, 2.24) is 20.3 Å².